The van der Waals surface area contributed by atoms with E-state index in [1.807, 2.05) is 12.1 Å². The molecule has 292 valence electrons. The molecule has 0 saturated heterocycles. The largest absolute Gasteiger partial charge is 0.455 e. The van der Waals surface area contributed by atoms with Crippen LogP contribution < -0.4 is 14.5 Å². The first-order chi connectivity index (χ1) is 30.7. The van der Waals surface area contributed by atoms with Gasteiger partial charge in [0.05, 0.1) is 11.4 Å². The number of hydrogen-bond acceptors (Lipinski definition) is 4. The van der Waals surface area contributed by atoms with Gasteiger partial charge in [0, 0.05) is 56.1 Å². The van der Waals surface area contributed by atoms with Crippen molar-refractivity contribution in [1.29, 1.82) is 0 Å². The zero-order valence-corrected chi connectivity index (χ0v) is 33.7. The van der Waals surface area contributed by atoms with Gasteiger partial charge in [-0.1, -0.05) is 158 Å². The highest BCUT2D eigenvalue weighted by Crippen LogP contribution is 2.54. The lowest BCUT2D eigenvalue weighted by atomic mass is 9.93. The number of benzene rings is 10. The van der Waals surface area contributed by atoms with Crippen molar-refractivity contribution in [2.45, 2.75) is 0 Å². The highest BCUT2D eigenvalue weighted by molar-refractivity contribution is 6.10. The molecule has 1 aliphatic rings. The van der Waals surface area contributed by atoms with Crippen molar-refractivity contribution < 1.29 is 9.15 Å². The Balaban J connectivity index is 1.00. The Morgan fingerprint density at radius 3 is 1.61 bits per heavy atom. The zero-order valence-electron chi connectivity index (χ0n) is 33.7. The van der Waals surface area contributed by atoms with Gasteiger partial charge in [-0.2, -0.15) is 0 Å². The minimum atomic E-state index is 0.813. The second-order valence-electron chi connectivity index (χ2n) is 15.7. The summed E-state index contributed by atoms with van der Waals surface area (Å²) in [5.41, 5.74) is 14.6. The van der Waals surface area contributed by atoms with Gasteiger partial charge in [0.2, 0.25) is 0 Å². The van der Waals surface area contributed by atoms with E-state index < -0.39 is 0 Å². The first kappa shape index (κ1) is 35.6. The first-order valence-electron chi connectivity index (χ1n) is 21.0. The molecule has 0 aliphatic carbocycles. The van der Waals surface area contributed by atoms with E-state index in [0.29, 0.717) is 0 Å². The van der Waals surface area contributed by atoms with Crippen LogP contribution in [0.25, 0.3) is 66.1 Å². The third-order valence-electron chi connectivity index (χ3n) is 12.0. The summed E-state index contributed by atoms with van der Waals surface area (Å²) in [6.07, 6.45) is 0. The third kappa shape index (κ3) is 6.00. The molecule has 0 atom stereocenters. The van der Waals surface area contributed by atoms with E-state index in [1.165, 1.54) is 5.56 Å². The number of hydrogen-bond donors (Lipinski definition) is 0. The summed E-state index contributed by atoms with van der Waals surface area (Å²) < 4.78 is 13.7. The predicted molar refractivity (Wildman–Crippen MR) is 257 cm³/mol. The summed E-state index contributed by atoms with van der Waals surface area (Å²) in [5.74, 6) is 1.63. The summed E-state index contributed by atoms with van der Waals surface area (Å²) in [5, 5.41) is 4.44. The SMILES string of the molecule is c1ccc(-c2ccc(N(c3ccc(-c4cccc5c4oc4ccccc45)cc3)c3cc4c5c(cccc5c3)-c3cccc(N(c5ccccc5)c5ccccc5)c3O4)cc2)cc1. The van der Waals surface area contributed by atoms with Gasteiger partial charge in [-0.05, 0) is 94.4 Å². The van der Waals surface area contributed by atoms with Crippen LogP contribution in [0.2, 0.25) is 0 Å². The Hall–Kier alpha value is -8.34. The van der Waals surface area contributed by atoms with Crippen molar-refractivity contribution >= 4 is 66.8 Å². The van der Waals surface area contributed by atoms with Crippen molar-refractivity contribution in [3.05, 3.63) is 231 Å². The van der Waals surface area contributed by atoms with Gasteiger partial charge >= 0.3 is 0 Å². The fourth-order valence-electron chi connectivity index (χ4n) is 9.16. The van der Waals surface area contributed by atoms with Crippen molar-refractivity contribution in [2.24, 2.45) is 0 Å². The summed E-state index contributed by atoms with van der Waals surface area (Å²) in [7, 11) is 0. The van der Waals surface area contributed by atoms with Crippen LogP contribution in [0.5, 0.6) is 11.5 Å². The Labute approximate surface area is 359 Å². The van der Waals surface area contributed by atoms with E-state index in [1.54, 1.807) is 0 Å². The summed E-state index contributed by atoms with van der Waals surface area (Å²) in [4.78, 5) is 4.61. The van der Waals surface area contributed by atoms with Crippen LogP contribution in [-0.2, 0) is 0 Å². The van der Waals surface area contributed by atoms with Gasteiger partial charge < -0.3 is 19.0 Å². The standard InChI is InChI=1S/C58H38N2O2/c1-4-15-39(16-5-1)40-29-33-45(34-30-40)59(46-35-31-41(32-36-46)48-23-13-25-51-49-22-10-11-28-54(49)61-57(48)51)47-37-42-17-12-24-50-52-26-14-27-53(58(52)62-55(38-47)56(42)50)60(43-18-6-2-7-19-43)44-20-8-3-9-21-44/h1-38H. The quantitative estimate of drug-likeness (QED) is 0.153. The number of nitrogens with zero attached hydrogens (tertiary/aromatic N) is 2. The molecule has 12 rings (SSSR count). The smallest absolute Gasteiger partial charge is 0.159 e. The second kappa shape index (κ2) is 14.7. The normalized spacial score (nSPS) is 11.7. The van der Waals surface area contributed by atoms with Crippen LogP contribution in [0.1, 0.15) is 0 Å². The van der Waals surface area contributed by atoms with Gasteiger partial charge in [0.1, 0.15) is 16.9 Å². The molecule has 0 saturated carbocycles. The molecule has 4 nitrogen and oxygen atoms in total. The monoisotopic (exact) mass is 794 g/mol. The molecule has 10 aromatic carbocycles. The van der Waals surface area contributed by atoms with Gasteiger partial charge in [-0.15, -0.1) is 0 Å². The molecule has 11 aromatic rings. The molecule has 0 spiro atoms. The van der Waals surface area contributed by atoms with Crippen LogP contribution in [0.15, 0.2) is 235 Å². The maximum absolute atomic E-state index is 7.21. The highest BCUT2D eigenvalue weighted by atomic mass is 16.5. The molecule has 0 amide bonds. The minimum absolute atomic E-state index is 0.813. The lowest BCUT2D eigenvalue weighted by Gasteiger charge is -2.32. The first-order valence-corrected chi connectivity index (χ1v) is 21.0. The van der Waals surface area contributed by atoms with Crippen molar-refractivity contribution in [3.63, 3.8) is 0 Å². The Morgan fingerprint density at radius 1 is 0.339 bits per heavy atom. The Bertz CT molecular complexity index is 3380. The molecule has 2 heterocycles. The van der Waals surface area contributed by atoms with Crippen molar-refractivity contribution in [1.82, 2.24) is 0 Å². The fourth-order valence-corrected chi connectivity index (χ4v) is 9.16. The highest BCUT2D eigenvalue weighted by Gasteiger charge is 2.28. The van der Waals surface area contributed by atoms with Gasteiger partial charge in [-0.25, -0.2) is 0 Å². The molecule has 4 heteroatoms. The molecule has 0 fully saturated rings. The minimum Gasteiger partial charge on any atom is -0.455 e. The molecule has 0 N–H and O–H groups in total. The number of para-hydroxylation sites is 5. The van der Waals surface area contributed by atoms with Crippen LogP contribution in [-0.4, -0.2) is 0 Å². The molecule has 0 bridgehead atoms. The van der Waals surface area contributed by atoms with E-state index in [0.717, 1.165) is 106 Å². The second-order valence-corrected chi connectivity index (χ2v) is 15.7. The lowest BCUT2D eigenvalue weighted by molar-refractivity contribution is 0.488. The van der Waals surface area contributed by atoms with Crippen LogP contribution in [0.3, 0.4) is 0 Å². The van der Waals surface area contributed by atoms with Gasteiger partial charge in [0.15, 0.2) is 5.75 Å². The third-order valence-corrected chi connectivity index (χ3v) is 12.0. The molecule has 62 heavy (non-hydrogen) atoms. The van der Waals surface area contributed by atoms with Crippen LogP contribution >= 0.6 is 0 Å². The van der Waals surface area contributed by atoms with Gasteiger partial charge in [0.25, 0.3) is 0 Å². The van der Waals surface area contributed by atoms with Crippen molar-refractivity contribution in [2.75, 3.05) is 9.80 Å². The van der Waals surface area contributed by atoms with E-state index >= 15 is 0 Å². The summed E-state index contributed by atoms with van der Waals surface area (Å²) in [6.45, 7) is 0. The van der Waals surface area contributed by atoms with Crippen LogP contribution in [0.4, 0.5) is 34.1 Å². The molecule has 1 aliphatic heterocycles. The molecule has 1 aromatic heterocycles. The maximum Gasteiger partial charge on any atom is 0.159 e. The number of rotatable bonds is 8. The number of fused-ring (bicyclic) bond motifs is 5. The Morgan fingerprint density at radius 2 is 0.887 bits per heavy atom. The number of furan rings is 1. The predicted octanol–water partition coefficient (Wildman–Crippen LogP) is 16.8. The maximum atomic E-state index is 7.21. The van der Waals surface area contributed by atoms with E-state index in [9.17, 15) is 0 Å². The molecular weight excluding hydrogens is 757 g/mol. The summed E-state index contributed by atoms with van der Waals surface area (Å²) in [6, 6.07) is 81.4. The van der Waals surface area contributed by atoms with E-state index in [-0.39, 0.29) is 0 Å². The number of ether oxygens (including phenoxy) is 1. The fraction of sp³-hybridized carbons (Fsp3) is 0. The average Bonchev–Trinajstić information content (AvgIpc) is 3.73. The van der Waals surface area contributed by atoms with E-state index in [2.05, 4.69) is 228 Å². The summed E-state index contributed by atoms with van der Waals surface area (Å²) >= 11 is 0. The molecule has 0 unspecified atom stereocenters. The molecular formula is C58H38N2O2. The number of anilines is 6. The topological polar surface area (TPSA) is 28.9 Å². The van der Waals surface area contributed by atoms with Crippen molar-refractivity contribution in [3.8, 4) is 44.9 Å². The average molecular weight is 795 g/mol. The zero-order chi connectivity index (χ0) is 41.0. The van der Waals surface area contributed by atoms with E-state index in [4.69, 9.17) is 9.15 Å². The van der Waals surface area contributed by atoms with Crippen LogP contribution in [0, 0.1) is 0 Å². The molecule has 0 radical (unpaired) electrons. The Kier molecular flexibility index (Phi) is 8.46. The lowest BCUT2D eigenvalue weighted by Crippen LogP contribution is -2.13. The van der Waals surface area contributed by atoms with Gasteiger partial charge in [-0.3, -0.25) is 0 Å².